The highest BCUT2D eigenvalue weighted by molar-refractivity contribution is 14.0. The normalized spacial score (nSPS) is 15.5. The SMILES string of the molecule is CCNC(=NCc1ccn(C)c1)NCCCN1CCCCCC1=O.I. The number of hydrogen-bond donors (Lipinski definition) is 2. The molecular weight excluding hydrogens is 429 g/mol. The first-order valence-electron chi connectivity index (χ1n) is 9.10. The quantitative estimate of drug-likeness (QED) is 0.284. The first-order chi connectivity index (χ1) is 11.7. The Bertz CT molecular complexity index is 543. The molecule has 0 atom stereocenters. The van der Waals surface area contributed by atoms with E-state index in [1.54, 1.807) is 0 Å². The molecule has 7 heteroatoms. The number of aliphatic imine (C=N–C) groups is 1. The van der Waals surface area contributed by atoms with Crippen molar-refractivity contribution in [2.24, 2.45) is 12.0 Å². The highest BCUT2D eigenvalue weighted by Gasteiger charge is 2.15. The van der Waals surface area contributed by atoms with Crippen molar-refractivity contribution < 1.29 is 4.79 Å². The van der Waals surface area contributed by atoms with E-state index in [9.17, 15) is 4.79 Å². The Morgan fingerprint density at radius 3 is 2.84 bits per heavy atom. The summed E-state index contributed by atoms with van der Waals surface area (Å²) >= 11 is 0. The fraction of sp³-hybridized carbons (Fsp3) is 0.667. The van der Waals surface area contributed by atoms with E-state index in [0.29, 0.717) is 18.9 Å². The number of nitrogens with zero attached hydrogens (tertiary/aromatic N) is 3. The third-order valence-corrected chi connectivity index (χ3v) is 4.23. The van der Waals surface area contributed by atoms with E-state index in [-0.39, 0.29) is 24.0 Å². The molecule has 1 saturated heterocycles. The summed E-state index contributed by atoms with van der Waals surface area (Å²) in [6.45, 7) is 6.15. The number of amides is 1. The first kappa shape index (κ1) is 21.8. The summed E-state index contributed by atoms with van der Waals surface area (Å²) in [5, 5.41) is 6.63. The van der Waals surface area contributed by atoms with E-state index in [2.05, 4.69) is 34.8 Å². The van der Waals surface area contributed by atoms with E-state index >= 15 is 0 Å². The molecule has 0 aromatic carbocycles. The van der Waals surface area contributed by atoms with Crippen molar-refractivity contribution in [3.05, 3.63) is 24.0 Å². The maximum absolute atomic E-state index is 12.0. The van der Waals surface area contributed by atoms with Crippen LogP contribution < -0.4 is 10.6 Å². The smallest absolute Gasteiger partial charge is 0.222 e. The van der Waals surface area contributed by atoms with Crippen LogP contribution in [-0.4, -0.2) is 47.5 Å². The zero-order chi connectivity index (χ0) is 17.2. The van der Waals surface area contributed by atoms with Crippen LogP contribution in [0.1, 0.15) is 44.6 Å². The molecule has 2 heterocycles. The predicted molar refractivity (Wildman–Crippen MR) is 113 cm³/mol. The second-order valence-corrected chi connectivity index (χ2v) is 6.35. The monoisotopic (exact) mass is 461 g/mol. The van der Waals surface area contributed by atoms with E-state index < -0.39 is 0 Å². The molecule has 2 N–H and O–H groups in total. The van der Waals surface area contributed by atoms with Crippen LogP contribution in [0.5, 0.6) is 0 Å². The number of nitrogens with one attached hydrogen (secondary N) is 2. The van der Waals surface area contributed by atoms with Gasteiger partial charge >= 0.3 is 0 Å². The van der Waals surface area contributed by atoms with Crippen LogP contribution in [-0.2, 0) is 18.4 Å². The summed E-state index contributed by atoms with van der Waals surface area (Å²) in [7, 11) is 2.01. The molecule has 1 aliphatic rings. The van der Waals surface area contributed by atoms with Crippen molar-refractivity contribution in [3.63, 3.8) is 0 Å². The lowest BCUT2D eigenvalue weighted by Crippen LogP contribution is -2.39. The summed E-state index contributed by atoms with van der Waals surface area (Å²) in [6, 6.07) is 2.08. The number of aryl methyl sites for hydroxylation is 1. The van der Waals surface area contributed by atoms with Gasteiger partial charge in [-0.3, -0.25) is 4.79 Å². The van der Waals surface area contributed by atoms with E-state index in [0.717, 1.165) is 51.4 Å². The van der Waals surface area contributed by atoms with Crippen molar-refractivity contribution in [2.75, 3.05) is 26.2 Å². The summed E-state index contributed by atoms with van der Waals surface area (Å²) in [6.07, 6.45) is 9.14. The van der Waals surface area contributed by atoms with Crippen molar-refractivity contribution in [3.8, 4) is 0 Å². The molecule has 1 aromatic rings. The molecule has 0 unspecified atom stereocenters. The Morgan fingerprint density at radius 2 is 2.12 bits per heavy atom. The fourth-order valence-corrected chi connectivity index (χ4v) is 2.92. The third-order valence-electron chi connectivity index (χ3n) is 4.23. The lowest BCUT2D eigenvalue weighted by molar-refractivity contribution is -0.130. The van der Waals surface area contributed by atoms with Crippen molar-refractivity contribution in [1.29, 1.82) is 0 Å². The maximum atomic E-state index is 12.0. The van der Waals surface area contributed by atoms with E-state index in [1.165, 1.54) is 12.0 Å². The molecule has 0 spiro atoms. The van der Waals surface area contributed by atoms with Gasteiger partial charge in [0.1, 0.15) is 0 Å². The molecular formula is C18H32IN5O. The van der Waals surface area contributed by atoms with Crippen LogP contribution in [0.15, 0.2) is 23.5 Å². The molecule has 142 valence electrons. The molecule has 0 bridgehead atoms. The molecule has 1 aromatic heterocycles. The van der Waals surface area contributed by atoms with Gasteiger partial charge in [0.2, 0.25) is 5.91 Å². The molecule has 0 radical (unpaired) electrons. The van der Waals surface area contributed by atoms with Crippen LogP contribution in [0.2, 0.25) is 0 Å². The number of halogens is 1. The van der Waals surface area contributed by atoms with Crippen LogP contribution >= 0.6 is 24.0 Å². The zero-order valence-corrected chi connectivity index (χ0v) is 17.8. The fourth-order valence-electron chi connectivity index (χ4n) is 2.92. The van der Waals surface area contributed by atoms with Gasteiger partial charge in [0.15, 0.2) is 5.96 Å². The minimum Gasteiger partial charge on any atom is -0.357 e. The van der Waals surface area contributed by atoms with Gasteiger partial charge in [0.05, 0.1) is 6.54 Å². The Hall–Kier alpha value is -1.25. The largest absolute Gasteiger partial charge is 0.357 e. The number of likely N-dealkylation sites (tertiary alicyclic amines) is 1. The Kier molecular flexibility index (Phi) is 10.6. The number of guanidine groups is 1. The Balaban J connectivity index is 0.00000312. The lowest BCUT2D eigenvalue weighted by atomic mass is 10.2. The summed E-state index contributed by atoms with van der Waals surface area (Å²) < 4.78 is 2.03. The van der Waals surface area contributed by atoms with Gasteiger partial charge < -0.3 is 20.1 Å². The topological polar surface area (TPSA) is 61.7 Å². The van der Waals surface area contributed by atoms with Gasteiger partial charge in [-0.15, -0.1) is 24.0 Å². The average molecular weight is 461 g/mol. The summed E-state index contributed by atoms with van der Waals surface area (Å²) in [5.74, 6) is 1.15. The van der Waals surface area contributed by atoms with Gasteiger partial charge in [0.25, 0.3) is 0 Å². The molecule has 1 fully saturated rings. The average Bonchev–Trinajstić information content (AvgIpc) is 2.87. The number of rotatable bonds is 7. The minimum atomic E-state index is 0. The molecule has 1 aliphatic heterocycles. The van der Waals surface area contributed by atoms with Gasteiger partial charge in [0, 0.05) is 52.0 Å². The van der Waals surface area contributed by atoms with E-state index in [4.69, 9.17) is 0 Å². The van der Waals surface area contributed by atoms with Crippen LogP contribution in [0.25, 0.3) is 0 Å². The predicted octanol–water partition coefficient (Wildman–Crippen LogP) is 2.49. The van der Waals surface area contributed by atoms with Gasteiger partial charge in [-0.05, 0) is 37.8 Å². The molecule has 0 aliphatic carbocycles. The van der Waals surface area contributed by atoms with Gasteiger partial charge in [-0.1, -0.05) is 6.42 Å². The zero-order valence-electron chi connectivity index (χ0n) is 15.5. The standard InChI is InChI=1S/C18H31N5O.HI/c1-3-19-18(21-14-16-9-13-22(2)15-16)20-10-7-12-23-11-6-4-5-8-17(23)24;/h9,13,15H,3-8,10-12,14H2,1-2H3,(H2,19,20,21);1H. The van der Waals surface area contributed by atoms with Crippen molar-refractivity contribution >= 4 is 35.8 Å². The number of hydrogen-bond acceptors (Lipinski definition) is 2. The number of carbonyl (C=O) groups excluding carboxylic acids is 1. The molecule has 2 rings (SSSR count). The second kappa shape index (κ2) is 12.2. The third kappa shape index (κ3) is 8.11. The van der Waals surface area contributed by atoms with Crippen molar-refractivity contribution in [1.82, 2.24) is 20.1 Å². The van der Waals surface area contributed by atoms with Gasteiger partial charge in [-0.2, -0.15) is 0 Å². The van der Waals surface area contributed by atoms with Crippen LogP contribution in [0, 0.1) is 0 Å². The summed E-state index contributed by atoms with van der Waals surface area (Å²) in [4.78, 5) is 18.6. The Morgan fingerprint density at radius 1 is 1.28 bits per heavy atom. The molecule has 0 saturated carbocycles. The minimum absolute atomic E-state index is 0. The lowest BCUT2D eigenvalue weighted by Gasteiger charge is -2.20. The first-order valence-corrected chi connectivity index (χ1v) is 9.10. The van der Waals surface area contributed by atoms with Gasteiger partial charge in [-0.25, -0.2) is 4.99 Å². The van der Waals surface area contributed by atoms with E-state index in [1.807, 2.05) is 22.7 Å². The maximum Gasteiger partial charge on any atom is 0.222 e. The molecule has 6 nitrogen and oxygen atoms in total. The Labute approximate surface area is 168 Å². The summed E-state index contributed by atoms with van der Waals surface area (Å²) in [5.41, 5.74) is 1.20. The molecule has 25 heavy (non-hydrogen) atoms. The number of aromatic nitrogens is 1. The second-order valence-electron chi connectivity index (χ2n) is 6.35. The van der Waals surface area contributed by atoms with Crippen LogP contribution in [0.3, 0.4) is 0 Å². The van der Waals surface area contributed by atoms with Crippen LogP contribution in [0.4, 0.5) is 0 Å². The van der Waals surface area contributed by atoms with Crippen molar-refractivity contribution in [2.45, 2.75) is 45.6 Å². The molecule has 1 amide bonds. The number of carbonyl (C=O) groups is 1. The highest BCUT2D eigenvalue weighted by Crippen LogP contribution is 2.11. The highest BCUT2D eigenvalue weighted by atomic mass is 127.